The van der Waals surface area contributed by atoms with Gasteiger partial charge in [0.15, 0.2) is 5.96 Å². The molecule has 7 heteroatoms. The summed E-state index contributed by atoms with van der Waals surface area (Å²) in [4.78, 5) is 6.99. The normalized spacial score (nSPS) is 17.6. The Bertz CT molecular complexity index is 844. The standard InChI is InChI=1S/C23H32N4O2S/c1-3-24-23(25-14-16-30(28)18-19-9-5-4-6-10-19)26-20-13-15-27(17-20)21-11-7-8-12-22(21)29-2/h4-12,20H,3,13-18H2,1-2H3,(H2,24,25,26). The van der Waals surface area contributed by atoms with Crippen molar-refractivity contribution in [1.29, 1.82) is 0 Å². The fourth-order valence-corrected chi connectivity index (χ4v) is 4.60. The fraction of sp³-hybridized carbons (Fsp3) is 0.435. The zero-order valence-electron chi connectivity index (χ0n) is 17.8. The predicted molar refractivity (Wildman–Crippen MR) is 126 cm³/mol. The maximum absolute atomic E-state index is 12.3. The molecule has 0 spiro atoms. The first-order valence-corrected chi connectivity index (χ1v) is 12.0. The van der Waals surface area contributed by atoms with Gasteiger partial charge in [0.25, 0.3) is 0 Å². The monoisotopic (exact) mass is 428 g/mol. The molecule has 162 valence electrons. The number of aliphatic imine (C=N–C) groups is 1. The number of hydrogen-bond acceptors (Lipinski definition) is 4. The molecule has 2 unspecified atom stereocenters. The second-order valence-electron chi connectivity index (χ2n) is 7.28. The van der Waals surface area contributed by atoms with E-state index >= 15 is 0 Å². The second kappa shape index (κ2) is 11.6. The van der Waals surface area contributed by atoms with Crippen LogP contribution >= 0.6 is 0 Å². The molecule has 0 amide bonds. The Kier molecular flexibility index (Phi) is 8.56. The van der Waals surface area contributed by atoms with Crippen LogP contribution in [0.3, 0.4) is 0 Å². The quantitative estimate of drug-likeness (QED) is 0.475. The van der Waals surface area contributed by atoms with Gasteiger partial charge < -0.3 is 20.3 Å². The van der Waals surface area contributed by atoms with Crippen LogP contribution in [0.1, 0.15) is 18.9 Å². The first kappa shape index (κ1) is 22.2. The number of rotatable bonds is 9. The number of para-hydroxylation sites is 2. The maximum atomic E-state index is 12.3. The van der Waals surface area contributed by atoms with Crippen molar-refractivity contribution in [2.45, 2.75) is 25.1 Å². The Morgan fingerprint density at radius 2 is 1.97 bits per heavy atom. The van der Waals surface area contributed by atoms with E-state index in [-0.39, 0.29) is 0 Å². The zero-order chi connectivity index (χ0) is 21.2. The highest BCUT2D eigenvalue weighted by Crippen LogP contribution is 2.30. The van der Waals surface area contributed by atoms with E-state index in [9.17, 15) is 4.21 Å². The number of benzene rings is 2. The molecule has 2 aromatic rings. The molecule has 1 fully saturated rings. The van der Waals surface area contributed by atoms with Crippen molar-refractivity contribution in [3.05, 3.63) is 60.2 Å². The van der Waals surface area contributed by atoms with Crippen LogP contribution in [0.2, 0.25) is 0 Å². The van der Waals surface area contributed by atoms with E-state index in [1.165, 1.54) is 0 Å². The molecule has 0 aromatic heterocycles. The van der Waals surface area contributed by atoms with Crippen molar-refractivity contribution in [3.8, 4) is 5.75 Å². The van der Waals surface area contributed by atoms with E-state index in [1.54, 1.807) is 7.11 Å². The van der Waals surface area contributed by atoms with Gasteiger partial charge in [-0.05, 0) is 31.0 Å². The molecule has 0 saturated carbocycles. The smallest absolute Gasteiger partial charge is 0.191 e. The minimum atomic E-state index is -0.914. The van der Waals surface area contributed by atoms with Crippen LogP contribution in [0.25, 0.3) is 0 Å². The lowest BCUT2D eigenvalue weighted by atomic mass is 10.2. The van der Waals surface area contributed by atoms with Crippen LogP contribution in [0, 0.1) is 0 Å². The minimum absolute atomic E-state index is 0.308. The zero-order valence-corrected chi connectivity index (χ0v) is 18.7. The molecule has 0 aliphatic carbocycles. The average Bonchev–Trinajstić information content (AvgIpc) is 3.23. The van der Waals surface area contributed by atoms with Gasteiger partial charge in [0, 0.05) is 48.0 Å². The molecule has 3 rings (SSSR count). The van der Waals surface area contributed by atoms with Gasteiger partial charge in [-0.3, -0.25) is 9.20 Å². The molecule has 1 aliphatic rings. The predicted octanol–water partition coefficient (Wildman–Crippen LogP) is 2.78. The van der Waals surface area contributed by atoms with Crippen LogP contribution in [0.4, 0.5) is 5.69 Å². The molecule has 1 saturated heterocycles. The number of hydrogen-bond donors (Lipinski definition) is 2. The summed E-state index contributed by atoms with van der Waals surface area (Å²) < 4.78 is 17.8. The highest BCUT2D eigenvalue weighted by atomic mass is 32.2. The first-order valence-electron chi connectivity index (χ1n) is 10.5. The lowest BCUT2D eigenvalue weighted by Gasteiger charge is -2.22. The summed E-state index contributed by atoms with van der Waals surface area (Å²) in [6, 6.07) is 18.4. The van der Waals surface area contributed by atoms with Gasteiger partial charge in [-0.2, -0.15) is 0 Å². The van der Waals surface area contributed by atoms with Crippen molar-refractivity contribution >= 4 is 22.4 Å². The average molecular weight is 429 g/mol. The van der Waals surface area contributed by atoms with Crippen LogP contribution in [-0.2, 0) is 16.6 Å². The van der Waals surface area contributed by atoms with Gasteiger partial charge in [0.05, 0.1) is 19.3 Å². The molecule has 30 heavy (non-hydrogen) atoms. The number of anilines is 1. The topological polar surface area (TPSA) is 66.0 Å². The molecule has 6 nitrogen and oxygen atoms in total. The molecule has 2 atom stereocenters. The summed E-state index contributed by atoms with van der Waals surface area (Å²) >= 11 is 0. The number of methoxy groups -OCH3 is 1. The summed E-state index contributed by atoms with van der Waals surface area (Å²) in [6.45, 7) is 5.25. The lowest BCUT2D eigenvalue weighted by Crippen LogP contribution is -2.44. The summed E-state index contributed by atoms with van der Waals surface area (Å²) in [5.41, 5.74) is 2.23. The Morgan fingerprint density at radius 1 is 1.20 bits per heavy atom. The van der Waals surface area contributed by atoms with E-state index in [2.05, 4.69) is 33.5 Å². The number of guanidine groups is 1. The SMILES string of the molecule is CCNC(=NCCS(=O)Cc1ccccc1)NC1CCN(c2ccccc2OC)C1. The van der Waals surface area contributed by atoms with Gasteiger partial charge in [0.2, 0.25) is 0 Å². The largest absolute Gasteiger partial charge is 0.495 e. The molecule has 2 aromatic carbocycles. The van der Waals surface area contributed by atoms with Crippen molar-refractivity contribution in [2.75, 3.05) is 43.9 Å². The van der Waals surface area contributed by atoms with Crippen molar-refractivity contribution in [2.24, 2.45) is 4.99 Å². The Labute approximate surface area is 182 Å². The van der Waals surface area contributed by atoms with Crippen LogP contribution in [0.5, 0.6) is 5.75 Å². The van der Waals surface area contributed by atoms with Gasteiger partial charge >= 0.3 is 0 Å². The molecular formula is C23H32N4O2S. The van der Waals surface area contributed by atoms with E-state index < -0.39 is 10.8 Å². The van der Waals surface area contributed by atoms with Crippen molar-refractivity contribution in [3.63, 3.8) is 0 Å². The molecule has 1 heterocycles. The Hall–Kier alpha value is -2.54. The lowest BCUT2D eigenvalue weighted by molar-refractivity contribution is 0.415. The van der Waals surface area contributed by atoms with Crippen LogP contribution < -0.4 is 20.3 Å². The van der Waals surface area contributed by atoms with Crippen LogP contribution in [0.15, 0.2) is 59.6 Å². The Morgan fingerprint density at radius 3 is 2.73 bits per heavy atom. The van der Waals surface area contributed by atoms with Crippen molar-refractivity contribution in [1.82, 2.24) is 10.6 Å². The summed E-state index contributed by atoms with van der Waals surface area (Å²) in [5.74, 6) is 2.83. The van der Waals surface area contributed by atoms with Crippen molar-refractivity contribution < 1.29 is 8.95 Å². The van der Waals surface area contributed by atoms with Gasteiger partial charge in [0.1, 0.15) is 5.75 Å². The van der Waals surface area contributed by atoms with Gasteiger partial charge in [-0.15, -0.1) is 0 Å². The van der Waals surface area contributed by atoms with E-state index in [4.69, 9.17) is 4.74 Å². The number of nitrogens with one attached hydrogen (secondary N) is 2. The molecular weight excluding hydrogens is 396 g/mol. The fourth-order valence-electron chi connectivity index (χ4n) is 3.59. The molecule has 1 aliphatic heterocycles. The molecule has 0 radical (unpaired) electrons. The number of nitrogens with zero attached hydrogens (tertiary/aromatic N) is 2. The van der Waals surface area contributed by atoms with Gasteiger partial charge in [-0.25, -0.2) is 0 Å². The third-order valence-electron chi connectivity index (χ3n) is 5.06. The highest BCUT2D eigenvalue weighted by Gasteiger charge is 2.25. The van der Waals surface area contributed by atoms with Crippen LogP contribution in [-0.4, -0.2) is 55.3 Å². The highest BCUT2D eigenvalue weighted by molar-refractivity contribution is 7.84. The first-order chi connectivity index (χ1) is 14.7. The maximum Gasteiger partial charge on any atom is 0.191 e. The summed E-state index contributed by atoms with van der Waals surface area (Å²) in [5, 5.41) is 6.84. The second-order valence-corrected chi connectivity index (χ2v) is 8.86. The molecule has 0 bridgehead atoms. The summed E-state index contributed by atoms with van der Waals surface area (Å²) in [6.07, 6.45) is 1.03. The van der Waals surface area contributed by atoms with E-state index in [1.807, 2.05) is 48.5 Å². The number of ether oxygens (including phenoxy) is 1. The van der Waals surface area contributed by atoms with E-state index in [0.29, 0.717) is 24.1 Å². The van der Waals surface area contributed by atoms with Gasteiger partial charge in [-0.1, -0.05) is 42.5 Å². The molecule has 2 N–H and O–H groups in total. The van der Waals surface area contributed by atoms with E-state index in [0.717, 1.165) is 49.0 Å². The Balaban J connectivity index is 1.50. The summed E-state index contributed by atoms with van der Waals surface area (Å²) in [7, 11) is 0.796. The third-order valence-corrected chi connectivity index (χ3v) is 6.35. The third kappa shape index (κ3) is 6.49. The minimum Gasteiger partial charge on any atom is -0.495 e.